The molecule has 1 rings (SSSR count). The maximum atomic E-state index is 3.54. The van der Waals surface area contributed by atoms with Gasteiger partial charge >= 0.3 is 0 Å². The van der Waals surface area contributed by atoms with E-state index < -0.39 is 0 Å². The monoisotopic (exact) mass is 220 g/mol. The number of anilines is 1. The smallest absolute Gasteiger partial charge is 0.0342 e. The third-order valence-electron chi connectivity index (χ3n) is 2.89. The lowest BCUT2D eigenvalue weighted by atomic mass is 10.1. The second-order valence-corrected chi connectivity index (χ2v) is 4.14. The highest BCUT2D eigenvalue weighted by molar-refractivity contribution is 5.45. The van der Waals surface area contributed by atoms with Gasteiger partial charge in [-0.3, -0.25) is 0 Å². The fraction of sp³-hybridized carbons (Fsp3) is 0.571. The van der Waals surface area contributed by atoms with Crippen LogP contribution in [0.2, 0.25) is 0 Å². The predicted molar refractivity (Wildman–Crippen MR) is 71.8 cm³/mol. The fourth-order valence-corrected chi connectivity index (χ4v) is 1.72. The molecule has 0 amide bonds. The standard InChI is InChI=1S/C14H24N2/c1-4-13(5-2)16-14-9-7-12(8-10-14)11-15-6-3/h7-10,13,15-16H,4-6,11H2,1-3H3. The van der Waals surface area contributed by atoms with E-state index in [0.717, 1.165) is 13.1 Å². The highest BCUT2D eigenvalue weighted by Crippen LogP contribution is 2.13. The van der Waals surface area contributed by atoms with E-state index in [-0.39, 0.29) is 0 Å². The van der Waals surface area contributed by atoms with E-state index in [4.69, 9.17) is 0 Å². The topological polar surface area (TPSA) is 24.1 Å². The molecule has 0 saturated heterocycles. The summed E-state index contributed by atoms with van der Waals surface area (Å²) in [5.41, 5.74) is 2.57. The van der Waals surface area contributed by atoms with Gasteiger partial charge in [-0.2, -0.15) is 0 Å². The van der Waals surface area contributed by atoms with Crippen LogP contribution in [0.1, 0.15) is 39.2 Å². The van der Waals surface area contributed by atoms with E-state index in [1.165, 1.54) is 24.1 Å². The average molecular weight is 220 g/mol. The molecule has 2 heteroatoms. The van der Waals surface area contributed by atoms with Gasteiger partial charge in [0.2, 0.25) is 0 Å². The van der Waals surface area contributed by atoms with Crippen molar-refractivity contribution in [3.63, 3.8) is 0 Å². The molecule has 2 N–H and O–H groups in total. The van der Waals surface area contributed by atoms with Gasteiger partial charge in [0.15, 0.2) is 0 Å². The maximum Gasteiger partial charge on any atom is 0.0342 e. The van der Waals surface area contributed by atoms with Crippen LogP contribution in [0.4, 0.5) is 5.69 Å². The minimum atomic E-state index is 0.597. The summed E-state index contributed by atoms with van der Waals surface area (Å²) in [6.07, 6.45) is 2.35. The molecule has 0 saturated carbocycles. The predicted octanol–water partition coefficient (Wildman–Crippen LogP) is 3.40. The van der Waals surface area contributed by atoms with Crippen LogP contribution >= 0.6 is 0 Å². The first-order valence-corrected chi connectivity index (χ1v) is 6.36. The van der Waals surface area contributed by atoms with Crippen molar-refractivity contribution in [1.82, 2.24) is 5.32 Å². The molecule has 0 aromatic heterocycles. The van der Waals surface area contributed by atoms with Gasteiger partial charge in [0, 0.05) is 18.3 Å². The Labute approximate surface area is 99.5 Å². The Morgan fingerprint density at radius 1 is 1.00 bits per heavy atom. The molecule has 0 unspecified atom stereocenters. The Morgan fingerprint density at radius 2 is 1.62 bits per heavy atom. The molecule has 16 heavy (non-hydrogen) atoms. The third-order valence-corrected chi connectivity index (χ3v) is 2.89. The number of nitrogens with one attached hydrogen (secondary N) is 2. The van der Waals surface area contributed by atoms with Crippen LogP contribution in [0.5, 0.6) is 0 Å². The Morgan fingerprint density at radius 3 is 2.12 bits per heavy atom. The van der Waals surface area contributed by atoms with E-state index in [9.17, 15) is 0 Å². The highest BCUT2D eigenvalue weighted by atomic mass is 14.9. The Bertz CT molecular complexity index is 275. The van der Waals surface area contributed by atoms with Crippen LogP contribution < -0.4 is 10.6 Å². The van der Waals surface area contributed by atoms with Gasteiger partial charge in [-0.15, -0.1) is 0 Å². The molecular formula is C14H24N2. The molecule has 0 spiro atoms. The summed E-state index contributed by atoms with van der Waals surface area (Å²) in [4.78, 5) is 0. The maximum absolute atomic E-state index is 3.54. The number of hydrogen-bond donors (Lipinski definition) is 2. The van der Waals surface area contributed by atoms with Crippen LogP contribution in [-0.4, -0.2) is 12.6 Å². The molecule has 0 heterocycles. The van der Waals surface area contributed by atoms with Crippen molar-refractivity contribution in [2.24, 2.45) is 0 Å². The fourth-order valence-electron chi connectivity index (χ4n) is 1.72. The summed E-state index contributed by atoms with van der Waals surface area (Å²) in [5, 5.41) is 6.87. The van der Waals surface area contributed by atoms with E-state index in [0.29, 0.717) is 6.04 Å². The van der Waals surface area contributed by atoms with Gasteiger partial charge in [0.05, 0.1) is 0 Å². The van der Waals surface area contributed by atoms with E-state index >= 15 is 0 Å². The number of hydrogen-bond acceptors (Lipinski definition) is 2. The lowest BCUT2D eigenvalue weighted by Gasteiger charge is -2.16. The van der Waals surface area contributed by atoms with Crippen molar-refractivity contribution in [1.29, 1.82) is 0 Å². The van der Waals surface area contributed by atoms with E-state index in [2.05, 4.69) is 55.7 Å². The summed E-state index contributed by atoms with van der Waals surface area (Å²) in [5.74, 6) is 0. The van der Waals surface area contributed by atoms with Crippen LogP contribution in [0.25, 0.3) is 0 Å². The molecule has 0 radical (unpaired) electrons. The van der Waals surface area contributed by atoms with Crippen molar-refractivity contribution in [3.8, 4) is 0 Å². The summed E-state index contributed by atoms with van der Waals surface area (Å²) in [6, 6.07) is 9.32. The molecule has 0 aliphatic rings. The van der Waals surface area contributed by atoms with Crippen molar-refractivity contribution < 1.29 is 0 Å². The van der Waals surface area contributed by atoms with Crippen LogP contribution in [-0.2, 0) is 6.54 Å². The molecule has 1 aromatic carbocycles. The largest absolute Gasteiger partial charge is 0.382 e. The Hall–Kier alpha value is -1.02. The van der Waals surface area contributed by atoms with Crippen LogP contribution in [0.3, 0.4) is 0 Å². The Balaban J connectivity index is 2.50. The lowest BCUT2D eigenvalue weighted by Crippen LogP contribution is -2.17. The lowest BCUT2D eigenvalue weighted by molar-refractivity contribution is 0.671. The zero-order valence-electron chi connectivity index (χ0n) is 10.7. The van der Waals surface area contributed by atoms with Crippen molar-refractivity contribution in [2.45, 2.75) is 46.2 Å². The molecule has 0 aliphatic carbocycles. The zero-order chi connectivity index (χ0) is 11.8. The van der Waals surface area contributed by atoms with Gasteiger partial charge in [-0.1, -0.05) is 32.9 Å². The first-order chi connectivity index (χ1) is 7.80. The normalized spacial score (nSPS) is 10.8. The SMILES string of the molecule is CCNCc1ccc(NC(CC)CC)cc1. The quantitative estimate of drug-likeness (QED) is 0.736. The molecule has 0 bridgehead atoms. The summed E-state index contributed by atoms with van der Waals surface area (Å²) in [7, 11) is 0. The molecule has 0 fully saturated rings. The second-order valence-electron chi connectivity index (χ2n) is 4.14. The van der Waals surface area contributed by atoms with Gasteiger partial charge in [-0.05, 0) is 37.1 Å². The average Bonchev–Trinajstić information content (AvgIpc) is 2.35. The molecule has 2 nitrogen and oxygen atoms in total. The van der Waals surface area contributed by atoms with Crippen LogP contribution in [0, 0.1) is 0 Å². The minimum Gasteiger partial charge on any atom is -0.382 e. The zero-order valence-corrected chi connectivity index (χ0v) is 10.7. The summed E-state index contributed by atoms with van der Waals surface area (Å²) >= 11 is 0. The first-order valence-electron chi connectivity index (χ1n) is 6.36. The third kappa shape index (κ3) is 4.23. The van der Waals surface area contributed by atoms with Gasteiger partial charge < -0.3 is 10.6 Å². The van der Waals surface area contributed by atoms with Crippen molar-refractivity contribution in [2.75, 3.05) is 11.9 Å². The van der Waals surface area contributed by atoms with Crippen molar-refractivity contribution >= 4 is 5.69 Å². The molecule has 0 aliphatic heterocycles. The number of rotatable bonds is 7. The molecule has 90 valence electrons. The van der Waals surface area contributed by atoms with Gasteiger partial charge in [0.25, 0.3) is 0 Å². The van der Waals surface area contributed by atoms with E-state index in [1.54, 1.807) is 0 Å². The molecular weight excluding hydrogens is 196 g/mol. The van der Waals surface area contributed by atoms with Gasteiger partial charge in [0.1, 0.15) is 0 Å². The van der Waals surface area contributed by atoms with E-state index in [1.807, 2.05) is 0 Å². The minimum absolute atomic E-state index is 0.597. The molecule has 1 aromatic rings. The second kappa shape index (κ2) is 7.29. The van der Waals surface area contributed by atoms with Gasteiger partial charge in [-0.25, -0.2) is 0 Å². The Kier molecular flexibility index (Phi) is 5.94. The summed E-state index contributed by atoms with van der Waals surface area (Å²) in [6.45, 7) is 8.56. The first kappa shape index (κ1) is 13.0. The van der Waals surface area contributed by atoms with Crippen LogP contribution in [0.15, 0.2) is 24.3 Å². The summed E-state index contributed by atoms with van der Waals surface area (Å²) < 4.78 is 0. The molecule has 0 atom stereocenters. The van der Waals surface area contributed by atoms with Crippen molar-refractivity contribution in [3.05, 3.63) is 29.8 Å². The number of benzene rings is 1. The highest BCUT2D eigenvalue weighted by Gasteiger charge is 2.02.